The lowest BCUT2D eigenvalue weighted by Crippen LogP contribution is -2.16. The number of aliphatic hydroxyl groups is 1. The van der Waals surface area contributed by atoms with Crippen LogP contribution in [0.2, 0.25) is 0 Å². The largest absolute Gasteiger partial charge is 0.383 e. The molecule has 0 aliphatic rings. The first-order chi connectivity index (χ1) is 14.3. The van der Waals surface area contributed by atoms with Crippen molar-refractivity contribution in [2.75, 3.05) is 4.72 Å². The van der Waals surface area contributed by atoms with Crippen LogP contribution in [0, 0.1) is 11.6 Å². The van der Waals surface area contributed by atoms with Gasteiger partial charge in [-0.05, 0) is 24.3 Å². The zero-order chi connectivity index (χ0) is 21.5. The molecule has 0 fully saturated rings. The van der Waals surface area contributed by atoms with Gasteiger partial charge in [0, 0.05) is 23.3 Å². The normalized spacial score (nSPS) is 12.8. The van der Waals surface area contributed by atoms with Crippen LogP contribution in [-0.4, -0.2) is 31.3 Å². The summed E-state index contributed by atoms with van der Waals surface area (Å²) in [5, 5.41) is 11.3. The number of sulfonamides is 1. The molecule has 0 spiro atoms. The van der Waals surface area contributed by atoms with E-state index in [1.807, 2.05) is 0 Å². The Balaban J connectivity index is 1.77. The number of H-pyrrole nitrogens is 1. The molecule has 6 nitrogen and oxygen atoms in total. The number of anilines is 1. The molecule has 4 aromatic rings. The molecule has 30 heavy (non-hydrogen) atoms. The average molecular weight is 427 g/mol. The molecule has 0 bridgehead atoms. The van der Waals surface area contributed by atoms with Gasteiger partial charge in [-0.2, -0.15) is 0 Å². The zero-order valence-electron chi connectivity index (χ0n) is 15.7. The summed E-state index contributed by atoms with van der Waals surface area (Å²) in [5.41, 5.74) is 0.355. The number of hydrogen-bond donors (Lipinski definition) is 3. The van der Waals surface area contributed by atoms with E-state index >= 15 is 4.39 Å². The van der Waals surface area contributed by atoms with Crippen molar-refractivity contribution in [3.63, 3.8) is 0 Å². The minimum absolute atomic E-state index is 0.0750. The quantitative estimate of drug-likeness (QED) is 0.425. The van der Waals surface area contributed by atoms with Crippen molar-refractivity contribution < 1.29 is 22.3 Å². The number of benzene rings is 2. The number of pyridine rings is 1. The lowest BCUT2D eigenvalue weighted by molar-refractivity contribution is 0.211. The minimum atomic E-state index is -4.10. The second-order valence-electron chi connectivity index (χ2n) is 6.80. The summed E-state index contributed by atoms with van der Waals surface area (Å²) >= 11 is 0. The fourth-order valence-corrected chi connectivity index (χ4v) is 4.29. The summed E-state index contributed by atoms with van der Waals surface area (Å²) in [4.78, 5) is 6.95. The van der Waals surface area contributed by atoms with Crippen molar-refractivity contribution in [3.8, 4) is 0 Å². The number of fused-ring (bicyclic) bond motifs is 1. The maximum Gasteiger partial charge on any atom is 0.261 e. The second-order valence-corrected chi connectivity index (χ2v) is 8.48. The molecule has 4 rings (SSSR count). The Morgan fingerprint density at radius 1 is 1.13 bits per heavy atom. The van der Waals surface area contributed by atoms with Crippen LogP contribution < -0.4 is 10.2 Å². The van der Waals surface area contributed by atoms with Crippen molar-refractivity contribution in [3.05, 3.63) is 83.7 Å². The Labute approximate surface area is 172 Å². The molecule has 0 aliphatic carbocycles. The van der Waals surface area contributed by atoms with Gasteiger partial charge in [-0.25, -0.2) is 22.2 Å². The van der Waals surface area contributed by atoms with Crippen LogP contribution in [0.3, 0.4) is 0 Å². The molecule has 2 aromatic heterocycles. The molecule has 3 N–H and O–H groups in total. The van der Waals surface area contributed by atoms with Gasteiger partial charge >= 0.3 is 0 Å². The Bertz CT molecular complexity index is 1340. The molecule has 0 saturated carbocycles. The standard InChI is InChI=1S/C20H16BF2N3O3S/c21-11-8-13-14(10-25-20(13)24-9-11)19(27)17-15(22)6-7-16(18(17)23)26-30(28,29)12-4-2-1-3-5-12/h1-10,19,26-27H,21H2,(H,24,25). The first-order valence-corrected chi connectivity index (χ1v) is 10.4. The summed E-state index contributed by atoms with van der Waals surface area (Å²) in [6, 6.07) is 11.0. The van der Waals surface area contributed by atoms with Gasteiger partial charge in [-0.1, -0.05) is 29.7 Å². The second kappa shape index (κ2) is 7.54. The number of rotatable bonds is 5. The smallest absolute Gasteiger partial charge is 0.261 e. The molecule has 0 saturated heterocycles. The van der Waals surface area contributed by atoms with Crippen LogP contribution in [0.15, 0.2) is 65.8 Å². The molecular weight excluding hydrogens is 411 g/mol. The lowest BCUT2D eigenvalue weighted by atomic mass is 9.95. The summed E-state index contributed by atoms with van der Waals surface area (Å²) in [5.74, 6) is -2.20. The van der Waals surface area contributed by atoms with Gasteiger partial charge in [-0.15, -0.1) is 0 Å². The molecule has 152 valence electrons. The van der Waals surface area contributed by atoms with Crippen molar-refractivity contribution in [1.82, 2.24) is 9.97 Å². The Hall–Kier alpha value is -3.24. The summed E-state index contributed by atoms with van der Waals surface area (Å²) in [7, 11) is -2.29. The fourth-order valence-electron chi connectivity index (χ4n) is 3.21. The topological polar surface area (TPSA) is 95.1 Å². The minimum Gasteiger partial charge on any atom is -0.383 e. The fraction of sp³-hybridized carbons (Fsp3) is 0.0500. The van der Waals surface area contributed by atoms with Crippen LogP contribution in [0.1, 0.15) is 17.2 Å². The first kappa shape index (κ1) is 20.1. The predicted octanol–water partition coefficient (Wildman–Crippen LogP) is 1.98. The van der Waals surface area contributed by atoms with E-state index in [-0.39, 0.29) is 10.5 Å². The molecule has 10 heteroatoms. The maximum absolute atomic E-state index is 15.1. The molecule has 1 unspecified atom stereocenters. The third-order valence-corrected chi connectivity index (χ3v) is 6.07. The molecular formula is C20H16BF2N3O3S. The van der Waals surface area contributed by atoms with Crippen LogP contribution >= 0.6 is 0 Å². The number of nitrogens with zero attached hydrogens (tertiary/aromatic N) is 1. The van der Waals surface area contributed by atoms with Gasteiger partial charge in [0.15, 0.2) is 5.82 Å². The monoisotopic (exact) mass is 427 g/mol. The number of aromatic amines is 1. The van der Waals surface area contributed by atoms with E-state index in [1.54, 1.807) is 26.2 Å². The van der Waals surface area contributed by atoms with Crippen LogP contribution in [0.25, 0.3) is 11.0 Å². The Kier molecular flexibility index (Phi) is 5.04. The van der Waals surface area contributed by atoms with E-state index < -0.39 is 39.0 Å². The molecule has 0 amide bonds. The van der Waals surface area contributed by atoms with E-state index in [9.17, 15) is 17.9 Å². The van der Waals surface area contributed by atoms with Gasteiger partial charge in [0.05, 0.1) is 16.1 Å². The summed E-state index contributed by atoms with van der Waals surface area (Å²) in [6.07, 6.45) is 1.36. The van der Waals surface area contributed by atoms with Crippen LogP contribution in [0.4, 0.5) is 14.5 Å². The van der Waals surface area contributed by atoms with Crippen LogP contribution in [0.5, 0.6) is 0 Å². The van der Waals surface area contributed by atoms with E-state index in [1.165, 1.54) is 30.5 Å². The molecule has 1 atom stereocenters. The van der Waals surface area contributed by atoms with Crippen molar-refractivity contribution in [2.45, 2.75) is 11.0 Å². The van der Waals surface area contributed by atoms with E-state index in [4.69, 9.17) is 0 Å². The summed E-state index contributed by atoms with van der Waals surface area (Å²) < 4.78 is 56.8. The third-order valence-electron chi connectivity index (χ3n) is 4.69. The average Bonchev–Trinajstić information content (AvgIpc) is 3.14. The first-order valence-electron chi connectivity index (χ1n) is 8.95. The third kappa shape index (κ3) is 3.55. The molecule has 2 aromatic carbocycles. The highest BCUT2D eigenvalue weighted by Crippen LogP contribution is 2.34. The van der Waals surface area contributed by atoms with Crippen LogP contribution in [-0.2, 0) is 10.0 Å². The Morgan fingerprint density at radius 2 is 1.87 bits per heavy atom. The van der Waals surface area contributed by atoms with Gasteiger partial charge in [0.1, 0.15) is 25.4 Å². The highest BCUT2D eigenvalue weighted by molar-refractivity contribution is 7.92. The summed E-state index contributed by atoms with van der Waals surface area (Å²) in [6.45, 7) is 0. The van der Waals surface area contributed by atoms with Crippen molar-refractivity contribution in [1.29, 1.82) is 0 Å². The highest BCUT2D eigenvalue weighted by atomic mass is 32.2. The number of nitrogens with one attached hydrogen (secondary N) is 2. The highest BCUT2D eigenvalue weighted by Gasteiger charge is 2.26. The number of hydrogen-bond acceptors (Lipinski definition) is 4. The molecule has 0 aliphatic heterocycles. The SMILES string of the molecule is Bc1cnc2[nH]cc(C(O)c3c(F)ccc(NS(=O)(=O)c4ccccc4)c3F)c2c1. The van der Waals surface area contributed by atoms with Gasteiger partial charge < -0.3 is 10.1 Å². The van der Waals surface area contributed by atoms with E-state index in [0.717, 1.165) is 17.6 Å². The number of aliphatic hydroxyl groups excluding tert-OH is 1. The molecule has 2 heterocycles. The lowest BCUT2D eigenvalue weighted by Gasteiger charge is -2.16. The molecule has 0 radical (unpaired) electrons. The van der Waals surface area contributed by atoms with Gasteiger partial charge in [0.25, 0.3) is 10.0 Å². The Morgan fingerprint density at radius 3 is 2.60 bits per heavy atom. The predicted molar refractivity (Wildman–Crippen MR) is 112 cm³/mol. The van der Waals surface area contributed by atoms with Crippen molar-refractivity contribution in [2.24, 2.45) is 0 Å². The number of halogens is 2. The van der Waals surface area contributed by atoms with Gasteiger partial charge in [-0.3, -0.25) is 4.72 Å². The van der Waals surface area contributed by atoms with E-state index in [2.05, 4.69) is 14.7 Å². The van der Waals surface area contributed by atoms with Gasteiger partial charge in [0.2, 0.25) is 0 Å². The zero-order valence-corrected chi connectivity index (χ0v) is 16.5. The van der Waals surface area contributed by atoms with E-state index in [0.29, 0.717) is 11.0 Å². The number of aromatic nitrogens is 2. The maximum atomic E-state index is 15.1. The van der Waals surface area contributed by atoms with Crippen molar-refractivity contribution >= 4 is 40.1 Å².